The van der Waals surface area contributed by atoms with Crippen LogP contribution in [0.1, 0.15) is 27.9 Å². The van der Waals surface area contributed by atoms with Crippen molar-refractivity contribution in [3.63, 3.8) is 0 Å². The quantitative estimate of drug-likeness (QED) is 0.897. The molecule has 0 unspecified atom stereocenters. The number of aromatic nitrogens is 1. The van der Waals surface area contributed by atoms with Gasteiger partial charge in [-0.05, 0) is 69.0 Å². The fourth-order valence-electron chi connectivity index (χ4n) is 2.56. The van der Waals surface area contributed by atoms with Crippen molar-refractivity contribution < 1.29 is 0 Å². The van der Waals surface area contributed by atoms with E-state index in [0.29, 0.717) is 0 Å². The second-order valence-electron chi connectivity index (χ2n) is 5.51. The molecule has 0 bridgehead atoms. The van der Waals surface area contributed by atoms with Gasteiger partial charge < -0.3 is 10.6 Å². The number of pyridine rings is 1. The lowest BCUT2D eigenvalue weighted by Gasteiger charge is -2.25. The van der Waals surface area contributed by atoms with Crippen molar-refractivity contribution in [2.24, 2.45) is 0 Å². The third kappa shape index (κ3) is 2.36. The number of nitrogens with two attached hydrogens (primary N) is 1. The lowest BCUT2D eigenvalue weighted by atomic mass is 9.98. The summed E-state index contributed by atoms with van der Waals surface area (Å²) < 4.78 is 0. The van der Waals surface area contributed by atoms with Gasteiger partial charge in [0.15, 0.2) is 0 Å². The minimum absolute atomic E-state index is 0.732. The minimum Gasteiger partial charge on any atom is -0.397 e. The highest BCUT2D eigenvalue weighted by atomic mass is 15.2. The summed E-state index contributed by atoms with van der Waals surface area (Å²) in [5, 5.41) is 0. The monoisotopic (exact) mass is 269 g/mol. The first-order valence-electron chi connectivity index (χ1n) is 6.87. The Bertz CT molecular complexity index is 634. The molecule has 3 nitrogen and oxygen atoms in total. The summed E-state index contributed by atoms with van der Waals surface area (Å²) in [5.41, 5.74) is 13.9. The van der Waals surface area contributed by atoms with Gasteiger partial charge in [-0.3, -0.25) is 0 Å². The Hall–Kier alpha value is -2.03. The lowest BCUT2D eigenvalue weighted by molar-refractivity contribution is 1.06. The van der Waals surface area contributed by atoms with Crippen molar-refractivity contribution in [1.82, 2.24) is 4.98 Å². The Morgan fingerprint density at radius 1 is 0.950 bits per heavy atom. The highest BCUT2D eigenvalue weighted by Crippen LogP contribution is 2.33. The fourth-order valence-corrected chi connectivity index (χ4v) is 2.56. The maximum Gasteiger partial charge on any atom is 0.133 e. The Kier molecular flexibility index (Phi) is 3.71. The van der Waals surface area contributed by atoms with Crippen LogP contribution < -0.4 is 10.6 Å². The highest BCUT2D eigenvalue weighted by Gasteiger charge is 2.15. The van der Waals surface area contributed by atoms with Crippen molar-refractivity contribution in [3.05, 3.63) is 46.1 Å². The zero-order valence-electron chi connectivity index (χ0n) is 13.2. The van der Waals surface area contributed by atoms with E-state index in [9.17, 15) is 0 Å². The molecule has 0 amide bonds. The molecule has 0 atom stereocenters. The predicted octanol–water partition coefficient (Wildman–Crippen LogP) is 3.97. The standard InChI is InChI=1S/C17H23N3/c1-10-9-11(2)13(4)17(12(10)3)20(6)16-8-7-15(18)14(5)19-16/h7-9H,18H2,1-6H3. The summed E-state index contributed by atoms with van der Waals surface area (Å²) in [7, 11) is 2.06. The third-order valence-electron chi connectivity index (χ3n) is 4.12. The van der Waals surface area contributed by atoms with Crippen molar-refractivity contribution in [3.8, 4) is 0 Å². The normalized spacial score (nSPS) is 10.7. The molecule has 106 valence electrons. The molecule has 0 saturated carbocycles. The molecular formula is C17H23N3. The van der Waals surface area contributed by atoms with E-state index in [2.05, 4.69) is 50.7 Å². The van der Waals surface area contributed by atoms with Gasteiger partial charge >= 0.3 is 0 Å². The van der Waals surface area contributed by atoms with Gasteiger partial charge in [-0.2, -0.15) is 0 Å². The van der Waals surface area contributed by atoms with Crippen LogP contribution in [0.2, 0.25) is 0 Å². The molecule has 3 heteroatoms. The number of benzene rings is 1. The first-order chi connectivity index (χ1) is 9.32. The summed E-state index contributed by atoms with van der Waals surface area (Å²) in [5.74, 6) is 0.924. The zero-order valence-corrected chi connectivity index (χ0v) is 13.2. The van der Waals surface area contributed by atoms with Crippen molar-refractivity contribution >= 4 is 17.2 Å². The molecule has 20 heavy (non-hydrogen) atoms. The molecule has 2 rings (SSSR count). The topological polar surface area (TPSA) is 42.1 Å². The van der Waals surface area contributed by atoms with E-state index in [-0.39, 0.29) is 0 Å². The van der Waals surface area contributed by atoms with Gasteiger partial charge in [0.1, 0.15) is 5.82 Å². The number of aryl methyl sites for hydroxylation is 3. The first kappa shape index (κ1) is 14.4. The van der Waals surface area contributed by atoms with E-state index in [1.54, 1.807) is 0 Å². The van der Waals surface area contributed by atoms with Gasteiger partial charge in [-0.25, -0.2) is 4.98 Å². The lowest BCUT2D eigenvalue weighted by Crippen LogP contribution is -2.16. The number of anilines is 3. The summed E-state index contributed by atoms with van der Waals surface area (Å²) in [6, 6.07) is 6.13. The van der Waals surface area contributed by atoms with E-state index in [1.165, 1.54) is 27.9 Å². The summed E-state index contributed by atoms with van der Waals surface area (Å²) in [4.78, 5) is 6.74. The maximum atomic E-state index is 5.85. The largest absolute Gasteiger partial charge is 0.397 e. The first-order valence-corrected chi connectivity index (χ1v) is 6.87. The van der Waals surface area contributed by atoms with Crippen molar-refractivity contribution in [1.29, 1.82) is 0 Å². The van der Waals surface area contributed by atoms with Gasteiger partial charge in [-0.1, -0.05) is 6.07 Å². The molecule has 0 saturated heterocycles. The second-order valence-corrected chi connectivity index (χ2v) is 5.51. The fraction of sp³-hybridized carbons (Fsp3) is 0.353. The van der Waals surface area contributed by atoms with E-state index >= 15 is 0 Å². The smallest absolute Gasteiger partial charge is 0.133 e. The van der Waals surface area contributed by atoms with Crippen LogP contribution in [-0.2, 0) is 0 Å². The van der Waals surface area contributed by atoms with Crippen molar-refractivity contribution in [2.75, 3.05) is 17.7 Å². The summed E-state index contributed by atoms with van der Waals surface area (Å²) >= 11 is 0. The molecule has 0 aliphatic carbocycles. The molecule has 1 aromatic carbocycles. The Morgan fingerprint density at radius 3 is 2.00 bits per heavy atom. The Balaban J connectivity index is 2.58. The molecule has 0 aliphatic rings. The van der Waals surface area contributed by atoms with E-state index in [1.807, 2.05) is 19.1 Å². The van der Waals surface area contributed by atoms with E-state index < -0.39 is 0 Å². The molecule has 0 spiro atoms. The molecule has 2 aromatic rings. The average molecular weight is 269 g/mol. The molecule has 0 fully saturated rings. The Labute approximate surface area is 121 Å². The van der Waals surface area contributed by atoms with Gasteiger partial charge in [0.2, 0.25) is 0 Å². The third-order valence-corrected chi connectivity index (χ3v) is 4.12. The second kappa shape index (κ2) is 5.16. The van der Waals surface area contributed by atoms with Crippen LogP contribution in [0.15, 0.2) is 18.2 Å². The van der Waals surface area contributed by atoms with Crippen LogP contribution in [-0.4, -0.2) is 12.0 Å². The van der Waals surface area contributed by atoms with Gasteiger partial charge in [0.25, 0.3) is 0 Å². The van der Waals surface area contributed by atoms with Crippen LogP contribution in [0.4, 0.5) is 17.2 Å². The van der Waals surface area contributed by atoms with Crippen LogP contribution in [0.3, 0.4) is 0 Å². The zero-order chi connectivity index (χ0) is 15.0. The SMILES string of the molecule is Cc1cc(C)c(C)c(N(C)c2ccc(N)c(C)n2)c1C. The molecule has 0 aliphatic heterocycles. The highest BCUT2D eigenvalue weighted by molar-refractivity contribution is 5.70. The van der Waals surface area contributed by atoms with Gasteiger partial charge in [0.05, 0.1) is 11.4 Å². The predicted molar refractivity (Wildman–Crippen MR) is 86.8 cm³/mol. The summed E-state index contributed by atoms with van der Waals surface area (Å²) in [6.45, 7) is 10.6. The average Bonchev–Trinajstić information content (AvgIpc) is 2.40. The van der Waals surface area contributed by atoms with Crippen LogP contribution in [0, 0.1) is 34.6 Å². The number of rotatable bonds is 2. The number of hydrogen-bond donors (Lipinski definition) is 1. The van der Waals surface area contributed by atoms with Crippen molar-refractivity contribution in [2.45, 2.75) is 34.6 Å². The van der Waals surface area contributed by atoms with Crippen LogP contribution in [0.5, 0.6) is 0 Å². The number of hydrogen-bond acceptors (Lipinski definition) is 3. The van der Waals surface area contributed by atoms with Gasteiger partial charge in [-0.15, -0.1) is 0 Å². The minimum atomic E-state index is 0.732. The van der Waals surface area contributed by atoms with Crippen LogP contribution in [0.25, 0.3) is 0 Å². The van der Waals surface area contributed by atoms with E-state index in [4.69, 9.17) is 5.73 Å². The van der Waals surface area contributed by atoms with E-state index in [0.717, 1.165) is 17.2 Å². The molecular weight excluding hydrogens is 246 g/mol. The van der Waals surface area contributed by atoms with Gasteiger partial charge in [0, 0.05) is 12.7 Å². The molecule has 1 heterocycles. The molecule has 1 aromatic heterocycles. The molecule has 2 N–H and O–H groups in total. The van der Waals surface area contributed by atoms with Crippen LogP contribution >= 0.6 is 0 Å². The summed E-state index contributed by atoms with van der Waals surface area (Å²) in [6.07, 6.45) is 0. The number of nitrogen functional groups attached to an aromatic ring is 1. The molecule has 0 radical (unpaired) electrons. The Morgan fingerprint density at radius 2 is 1.50 bits per heavy atom. The number of nitrogens with zero attached hydrogens (tertiary/aromatic N) is 2. The maximum absolute atomic E-state index is 5.85.